The van der Waals surface area contributed by atoms with Crippen LogP contribution < -0.4 is 4.98 Å². The molecule has 0 aliphatic heterocycles. The number of rotatable bonds is 4. The Morgan fingerprint density at radius 2 is 1.27 bits per heavy atom. The van der Waals surface area contributed by atoms with Crippen LogP contribution in [0.1, 0.15) is 79.0 Å². The molecule has 6 heteroatoms. The number of aromatic nitrogens is 5. The van der Waals surface area contributed by atoms with Crippen molar-refractivity contribution in [2.45, 2.75) is 78.6 Å². The van der Waals surface area contributed by atoms with E-state index in [1.165, 1.54) is 27.5 Å². The smallest absolute Gasteiger partial charge is 0.656 e. The third-order valence-corrected chi connectivity index (χ3v) is 12.0. The molecular formula is C54H49N5Pt. The second-order valence-electron chi connectivity index (χ2n) is 19.2. The number of nitrogens with zero attached hydrogens (tertiary/aromatic N) is 5. The number of para-hydroxylation sites is 4. The Labute approximate surface area is 366 Å². The zero-order valence-electron chi connectivity index (χ0n) is 35.8. The summed E-state index contributed by atoms with van der Waals surface area (Å²) in [5.74, 6) is 1.75. The van der Waals surface area contributed by atoms with Crippen molar-refractivity contribution in [1.29, 1.82) is 0 Å². The van der Waals surface area contributed by atoms with E-state index in [1.807, 2.05) is 6.20 Å². The van der Waals surface area contributed by atoms with Gasteiger partial charge in [-0.05, 0) is 91.0 Å². The first-order valence-corrected chi connectivity index (χ1v) is 20.7. The van der Waals surface area contributed by atoms with Crippen LogP contribution in [0.5, 0.6) is 0 Å². The Balaban J connectivity index is 0.00000462. The average molecular weight is 963 g/mol. The average Bonchev–Trinajstić information content (AvgIpc) is 3.89. The van der Waals surface area contributed by atoms with Crippen LogP contribution in [0.15, 0.2) is 134 Å². The summed E-state index contributed by atoms with van der Waals surface area (Å²) in [4.78, 5) is 15.8. The third-order valence-electron chi connectivity index (χ3n) is 12.0. The van der Waals surface area contributed by atoms with E-state index in [0.29, 0.717) is 0 Å². The second-order valence-corrected chi connectivity index (χ2v) is 19.2. The summed E-state index contributed by atoms with van der Waals surface area (Å²) < 4.78 is 4.64. The summed E-state index contributed by atoms with van der Waals surface area (Å²) in [6, 6.07) is 49.6. The molecule has 4 heterocycles. The molecule has 0 fully saturated rings. The quantitative estimate of drug-likeness (QED) is 0.165. The number of benzene rings is 6. The van der Waals surface area contributed by atoms with Gasteiger partial charge in [0, 0.05) is 23.0 Å². The number of imidazole rings is 1. The standard InChI is InChI=1S/C54H49N5.Pt/c1-52(2,3)34-27-28-55-47(32-34)59-45-29-33(25-26-40(45)48-42(54(7,8)9)30-35(31-46(48)59)53(4,5)6)37-20-16-24-44-50(37)57-51(58(44)36-17-11-10-12-18-36)41-22-15-21-39-38-19-13-14-23-43(38)56-49(39)41;/h10-28,30-32H,1-9H3;/q-2;+2. The Hall–Kier alpha value is -5.77. The van der Waals surface area contributed by atoms with Gasteiger partial charge in [0.1, 0.15) is 11.6 Å². The molecule has 10 aromatic rings. The van der Waals surface area contributed by atoms with Gasteiger partial charge < -0.3 is 9.55 Å². The van der Waals surface area contributed by atoms with Gasteiger partial charge in [-0.25, -0.2) is 9.97 Å². The predicted molar refractivity (Wildman–Crippen MR) is 247 cm³/mol. The Morgan fingerprint density at radius 3 is 2.02 bits per heavy atom. The van der Waals surface area contributed by atoms with Crippen molar-refractivity contribution in [2.75, 3.05) is 0 Å². The van der Waals surface area contributed by atoms with Crippen molar-refractivity contribution in [3.8, 4) is 34.0 Å². The molecule has 5 nitrogen and oxygen atoms in total. The molecule has 0 saturated heterocycles. The van der Waals surface area contributed by atoms with E-state index < -0.39 is 0 Å². The van der Waals surface area contributed by atoms with E-state index in [0.717, 1.165) is 77.9 Å². The summed E-state index contributed by atoms with van der Waals surface area (Å²) >= 11 is 0. The van der Waals surface area contributed by atoms with Gasteiger partial charge >= 0.3 is 21.1 Å². The van der Waals surface area contributed by atoms with Crippen molar-refractivity contribution in [3.63, 3.8) is 0 Å². The number of hydrogen-bond donors (Lipinski definition) is 0. The molecule has 0 aliphatic carbocycles. The summed E-state index contributed by atoms with van der Waals surface area (Å²) in [5.41, 5.74) is 13.8. The SMILES string of the molecule is CC(C)(C)c1ccnc(-n2c3[c-]c(-c4cccc5c4nc(-c4cccc6c4[n-]c4ccccc46)n5-c4ccccc4)ccc3c3c(C(C)(C)C)cc(C(C)(C)C)cc32)c1.[Pt+2]. The predicted octanol–water partition coefficient (Wildman–Crippen LogP) is 13.8. The molecule has 0 bridgehead atoms. The van der Waals surface area contributed by atoms with Gasteiger partial charge in [0.2, 0.25) is 0 Å². The zero-order chi connectivity index (χ0) is 41.0. The van der Waals surface area contributed by atoms with Crippen molar-refractivity contribution in [1.82, 2.24) is 24.1 Å². The molecular weight excluding hydrogens is 914 g/mol. The number of hydrogen-bond acceptors (Lipinski definition) is 2. The van der Waals surface area contributed by atoms with Crippen molar-refractivity contribution >= 4 is 54.6 Å². The van der Waals surface area contributed by atoms with Crippen LogP contribution in [0.2, 0.25) is 0 Å². The number of fused-ring (bicyclic) bond motifs is 7. The zero-order valence-corrected chi connectivity index (χ0v) is 38.0. The topological polar surface area (TPSA) is 49.7 Å². The molecule has 0 spiro atoms. The van der Waals surface area contributed by atoms with Crippen LogP contribution in [0, 0.1) is 6.07 Å². The van der Waals surface area contributed by atoms with E-state index in [4.69, 9.17) is 15.0 Å². The molecule has 4 aromatic heterocycles. The minimum atomic E-state index is -0.102. The molecule has 0 saturated carbocycles. The van der Waals surface area contributed by atoms with Gasteiger partial charge in [-0.3, -0.25) is 4.57 Å². The molecule has 60 heavy (non-hydrogen) atoms. The van der Waals surface area contributed by atoms with Crippen LogP contribution >= 0.6 is 0 Å². The molecule has 0 N–H and O–H groups in total. The monoisotopic (exact) mass is 962 g/mol. The minimum absolute atomic E-state index is 0. The summed E-state index contributed by atoms with van der Waals surface area (Å²) in [6.45, 7) is 20.7. The molecule has 300 valence electrons. The van der Waals surface area contributed by atoms with Crippen LogP contribution in [0.3, 0.4) is 0 Å². The molecule has 0 aliphatic rings. The normalized spacial score (nSPS) is 12.6. The Bertz CT molecular complexity index is 3270. The third kappa shape index (κ3) is 6.41. The Kier molecular flexibility index (Phi) is 9.37. The van der Waals surface area contributed by atoms with Crippen molar-refractivity contribution in [2.24, 2.45) is 0 Å². The molecule has 10 rings (SSSR count). The maximum Gasteiger partial charge on any atom is 2.00 e. The fourth-order valence-corrected chi connectivity index (χ4v) is 8.81. The van der Waals surface area contributed by atoms with Gasteiger partial charge in [-0.2, -0.15) is 0 Å². The van der Waals surface area contributed by atoms with Gasteiger partial charge in [-0.1, -0.05) is 152 Å². The first-order chi connectivity index (χ1) is 28.2. The van der Waals surface area contributed by atoms with Gasteiger partial charge in [0.25, 0.3) is 0 Å². The van der Waals surface area contributed by atoms with Crippen LogP contribution in [0.25, 0.3) is 88.7 Å². The fourth-order valence-electron chi connectivity index (χ4n) is 8.81. The van der Waals surface area contributed by atoms with E-state index >= 15 is 0 Å². The van der Waals surface area contributed by atoms with E-state index in [1.54, 1.807) is 0 Å². The molecule has 0 unspecified atom stereocenters. The second kappa shape index (κ2) is 14.2. The molecule has 0 atom stereocenters. The van der Waals surface area contributed by atoms with E-state index in [-0.39, 0.29) is 37.3 Å². The van der Waals surface area contributed by atoms with Gasteiger partial charge in [0.15, 0.2) is 0 Å². The fraction of sp³-hybridized carbons (Fsp3) is 0.222. The molecule has 0 amide bonds. The van der Waals surface area contributed by atoms with Crippen LogP contribution in [-0.4, -0.2) is 19.1 Å². The molecule has 6 aromatic carbocycles. The van der Waals surface area contributed by atoms with Crippen molar-refractivity contribution in [3.05, 3.63) is 156 Å². The largest absolute Gasteiger partial charge is 2.00 e. The van der Waals surface area contributed by atoms with Gasteiger partial charge in [-0.15, -0.1) is 34.8 Å². The van der Waals surface area contributed by atoms with Crippen LogP contribution in [-0.2, 0) is 37.3 Å². The van der Waals surface area contributed by atoms with Crippen LogP contribution in [0.4, 0.5) is 0 Å². The minimum Gasteiger partial charge on any atom is -0.656 e. The summed E-state index contributed by atoms with van der Waals surface area (Å²) in [6.07, 6.45) is 1.96. The first kappa shape index (κ1) is 39.7. The summed E-state index contributed by atoms with van der Waals surface area (Å²) in [7, 11) is 0. The maximum absolute atomic E-state index is 5.57. The number of pyridine rings is 1. The first-order valence-electron chi connectivity index (χ1n) is 20.7. The van der Waals surface area contributed by atoms with Crippen molar-refractivity contribution < 1.29 is 21.1 Å². The maximum atomic E-state index is 5.57. The Morgan fingerprint density at radius 1 is 0.567 bits per heavy atom. The van der Waals surface area contributed by atoms with E-state index in [2.05, 4.69) is 205 Å². The van der Waals surface area contributed by atoms with E-state index in [9.17, 15) is 0 Å². The van der Waals surface area contributed by atoms with Gasteiger partial charge in [0.05, 0.1) is 11.0 Å². The summed E-state index contributed by atoms with van der Waals surface area (Å²) in [5, 5.41) is 4.70. The molecule has 0 radical (unpaired) electrons.